The summed E-state index contributed by atoms with van der Waals surface area (Å²) in [6.45, 7) is 8.08. The summed E-state index contributed by atoms with van der Waals surface area (Å²) in [5.74, 6) is 1.03. The topological polar surface area (TPSA) is 74.7 Å². The lowest BCUT2D eigenvalue weighted by Gasteiger charge is -2.48. The molecule has 0 N–H and O–H groups in total. The second kappa shape index (κ2) is 8.42. The van der Waals surface area contributed by atoms with Crippen molar-refractivity contribution in [3.05, 3.63) is 36.8 Å². The number of pyridine rings is 1. The number of aromatic nitrogens is 3. The molecule has 164 valence electrons. The van der Waals surface area contributed by atoms with Gasteiger partial charge in [0, 0.05) is 68.0 Å². The monoisotopic (exact) mass is 422 g/mol. The minimum Gasteiger partial charge on any atom is -0.450 e. The van der Waals surface area contributed by atoms with E-state index in [-0.39, 0.29) is 6.09 Å². The van der Waals surface area contributed by atoms with E-state index in [2.05, 4.69) is 26.1 Å². The molecule has 2 aliphatic heterocycles. The van der Waals surface area contributed by atoms with Gasteiger partial charge < -0.3 is 14.5 Å². The van der Waals surface area contributed by atoms with Crippen LogP contribution in [0.2, 0.25) is 0 Å². The molecular formula is C23H30N6O2. The molecule has 31 heavy (non-hydrogen) atoms. The SMILES string of the molecule is CCOC(=O)N1CC2(CC[C@@H](N3CCN(c4ncccc4-c4ccnnc4)CC3)C2)C1. The number of likely N-dealkylation sites (tertiary alicyclic amines) is 1. The first kappa shape index (κ1) is 20.2. The van der Waals surface area contributed by atoms with Crippen LogP contribution in [0.3, 0.4) is 0 Å². The number of anilines is 1. The molecule has 1 spiro atoms. The van der Waals surface area contributed by atoms with Crippen molar-refractivity contribution in [2.75, 3.05) is 50.8 Å². The van der Waals surface area contributed by atoms with Gasteiger partial charge in [0.25, 0.3) is 0 Å². The highest BCUT2D eigenvalue weighted by atomic mass is 16.6. The summed E-state index contributed by atoms with van der Waals surface area (Å²) < 4.78 is 5.14. The fourth-order valence-corrected chi connectivity index (χ4v) is 5.51. The summed E-state index contributed by atoms with van der Waals surface area (Å²) in [7, 11) is 0. The fraction of sp³-hybridized carbons (Fsp3) is 0.565. The Labute approximate surface area is 183 Å². The number of nitrogens with zero attached hydrogens (tertiary/aromatic N) is 6. The van der Waals surface area contributed by atoms with Gasteiger partial charge in [0.2, 0.25) is 0 Å². The molecule has 5 rings (SSSR count). The van der Waals surface area contributed by atoms with Gasteiger partial charge >= 0.3 is 6.09 Å². The standard InChI is InChI=1S/C23H30N6O2/c1-2-31-22(30)29-16-23(17-29)7-5-19(14-23)27-10-12-28(13-11-27)21-20(4-3-8-24-21)18-6-9-25-26-15-18/h3-4,6,8-9,15,19H,2,5,7,10-14,16-17H2,1H3/t19-/m1/s1. The molecule has 0 radical (unpaired) electrons. The molecule has 1 aliphatic carbocycles. The van der Waals surface area contributed by atoms with E-state index in [9.17, 15) is 4.79 Å². The van der Waals surface area contributed by atoms with Gasteiger partial charge in [0.05, 0.1) is 19.0 Å². The smallest absolute Gasteiger partial charge is 0.409 e. The molecule has 3 fully saturated rings. The lowest BCUT2D eigenvalue weighted by molar-refractivity contribution is -0.00294. The zero-order chi connectivity index (χ0) is 21.3. The van der Waals surface area contributed by atoms with E-state index in [1.807, 2.05) is 30.2 Å². The Bertz CT molecular complexity index is 909. The van der Waals surface area contributed by atoms with Gasteiger partial charge in [-0.1, -0.05) is 0 Å². The maximum absolute atomic E-state index is 11.9. The van der Waals surface area contributed by atoms with Crippen LogP contribution in [0.25, 0.3) is 11.1 Å². The molecule has 2 aromatic rings. The largest absolute Gasteiger partial charge is 0.450 e. The van der Waals surface area contributed by atoms with Crippen molar-refractivity contribution in [3.8, 4) is 11.1 Å². The van der Waals surface area contributed by atoms with Crippen LogP contribution in [-0.2, 0) is 4.74 Å². The summed E-state index contributed by atoms with van der Waals surface area (Å²) in [5.41, 5.74) is 2.48. The molecule has 0 bridgehead atoms. The van der Waals surface area contributed by atoms with E-state index in [1.165, 1.54) is 19.3 Å². The zero-order valence-electron chi connectivity index (χ0n) is 18.1. The highest BCUT2D eigenvalue weighted by Gasteiger charge is 2.51. The summed E-state index contributed by atoms with van der Waals surface area (Å²) in [6, 6.07) is 6.70. The Morgan fingerprint density at radius 1 is 1.16 bits per heavy atom. The number of hydrogen-bond acceptors (Lipinski definition) is 7. The molecule has 1 saturated carbocycles. The van der Waals surface area contributed by atoms with Crippen molar-refractivity contribution >= 4 is 11.9 Å². The molecule has 1 atom stereocenters. The first-order chi connectivity index (χ1) is 15.2. The molecule has 8 nitrogen and oxygen atoms in total. The number of piperazine rings is 1. The van der Waals surface area contributed by atoms with Crippen molar-refractivity contribution < 1.29 is 9.53 Å². The van der Waals surface area contributed by atoms with E-state index in [0.717, 1.165) is 56.2 Å². The molecule has 8 heteroatoms. The predicted octanol–water partition coefficient (Wildman–Crippen LogP) is 2.67. The number of hydrogen-bond donors (Lipinski definition) is 0. The lowest BCUT2D eigenvalue weighted by atomic mass is 9.78. The van der Waals surface area contributed by atoms with Gasteiger partial charge in [-0.15, -0.1) is 0 Å². The average Bonchev–Trinajstić information content (AvgIpc) is 3.25. The first-order valence-corrected chi connectivity index (χ1v) is 11.3. The highest BCUT2D eigenvalue weighted by Crippen LogP contribution is 2.47. The Hall–Kier alpha value is -2.74. The molecule has 2 saturated heterocycles. The second-order valence-corrected chi connectivity index (χ2v) is 8.98. The van der Waals surface area contributed by atoms with Crippen LogP contribution in [0, 0.1) is 5.41 Å². The van der Waals surface area contributed by atoms with Crippen molar-refractivity contribution in [1.82, 2.24) is 25.0 Å². The highest BCUT2D eigenvalue weighted by molar-refractivity contribution is 5.75. The molecule has 0 unspecified atom stereocenters. The molecule has 2 aromatic heterocycles. The van der Waals surface area contributed by atoms with Gasteiger partial charge in [-0.05, 0) is 44.4 Å². The van der Waals surface area contributed by atoms with Gasteiger partial charge in [-0.3, -0.25) is 4.90 Å². The van der Waals surface area contributed by atoms with Crippen LogP contribution in [0.1, 0.15) is 26.2 Å². The van der Waals surface area contributed by atoms with Crippen molar-refractivity contribution in [3.63, 3.8) is 0 Å². The van der Waals surface area contributed by atoms with Crippen LogP contribution in [0.15, 0.2) is 36.8 Å². The fourth-order valence-electron chi connectivity index (χ4n) is 5.51. The average molecular weight is 423 g/mol. The zero-order valence-corrected chi connectivity index (χ0v) is 18.1. The minimum atomic E-state index is -0.152. The Morgan fingerprint density at radius 3 is 2.74 bits per heavy atom. The van der Waals surface area contributed by atoms with Crippen LogP contribution < -0.4 is 4.90 Å². The van der Waals surface area contributed by atoms with Crippen LogP contribution in [0.4, 0.5) is 10.6 Å². The second-order valence-electron chi connectivity index (χ2n) is 8.98. The van der Waals surface area contributed by atoms with Gasteiger partial charge in [0.1, 0.15) is 5.82 Å². The van der Waals surface area contributed by atoms with Crippen LogP contribution >= 0.6 is 0 Å². The summed E-state index contributed by atoms with van der Waals surface area (Å²) in [4.78, 5) is 23.5. The van der Waals surface area contributed by atoms with Gasteiger partial charge in [0.15, 0.2) is 0 Å². The number of amides is 1. The van der Waals surface area contributed by atoms with Crippen molar-refractivity contribution in [2.45, 2.75) is 32.2 Å². The Kier molecular flexibility index (Phi) is 5.48. The molecule has 0 aromatic carbocycles. The molecule has 1 amide bonds. The Morgan fingerprint density at radius 2 is 2.00 bits per heavy atom. The van der Waals surface area contributed by atoms with E-state index in [0.29, 0.717) is 18.1 Å². The maximum atomic E-state index is 11.9. The Balaban J connectivity index is 1.18. The number of rotatable bonds is 4. The van der Waals surface area contributed by atoms with E-state index in [1.54, 1.807) is 12.4 Å². The number of carbonyl (C=O) groups excluding carboxylic acids is 1. The summed E-state index contributed by atoms with van der Waals surface area (Å²) in [6.07, 6.45) is 8.88. The quantitative estimate of drug-likeness (QED) is 0.750. The summed E-state index contributed by atoms with van der Waals surface area (Å²) in [5, 5.41) is 7.92. The third kappa shape index (κ3) is 3.96. The van der Waals surface area contributed by atoms with E-state index in [4.69, 9.17) is 9.72 Å². The maximum Gasteiger partial charge on any atom is 0.409 e. The van der Waals surface area contributed by atoms with Crippen molar-refractivity contribution in [1.29, 1.82) is 0 Å². The predicted molar refractivity (Wildman–Crippen MR) is 118 cm³/mol. The first-order valence-electron chi connectivity index (χ1n) is 11.3. The minimum absolute atomic E-state index is 0.152. The van der Waals surface area contributed by atoms with Crippen LogP contribution in [-0.4, -0.2) is 83.0 Å². The van der Waals surface area contributed by atoms with Crippen molar-refractivity contribution in [2.24, 2.45) is 5.41 Å². The van der Waals surface area contributed by atoms with Gasteiger partial charge in [-0.25, -0.2) is 9.78 Å². The third-order valence-corrected chi connectivity index (χ3v) is 7.07. The molecular weight excluding hydrogens is 392 g/mol. The number of ether oxygens (including phenoxy) is 1. The molecule has 3 aliphatic rings. The normalized spacial score (nSPS) is 23.1. The third-order valence-electron chi connectivity index (χ3n) is 7.07. The van der Waals surface area contributed by atoms with E-state index < -0.39 is 0 Å². The summed E-state index contributed by atoms with van der Waals surface area (Å²) >= 11 is 0. The lowest BCUT2D eigenvalue weighted by Crippen LogP contribution is -2.58. The van der Waals surface area contributed by atoms with Crippen LogP contribution in [0.5, 0.6) is 0 Å². The number of carbonyl (C=O) groups is 1. The van der Waals surface area contributed by atoms with Gasteiger partial charge in [-0.2, -0.15) is 10.2 Å². The van der Waals surface area contributed by atoms with E-state index >= 15 is 0 Å². The molecule has 4 heterocycles.